The van der Waals surface area contributed by atoms with Crippen LogP contribution in [0.3, 0.4) is 0 Å². The van der Waals surface area contributed by atoms with E-state index < -0.39 is 0 Å². The van der Waals surface area contributed by atoms with Crippen LogP contribution >= 0.6 is 0 Å². The summed E-state index contributed by atoms with van der Waals surface area (Å²) in [4.78, 5) is 27.0. The molecule has 0 aliphatic carbocycles. The van der Waals surface area contributed by atoms with Crippen molar-refractivity contribution in [1.29, 1.82) is 0 Å². The number of hydrogen-bond acceptors (Lipinski definition) is 2. The molecule has 0 unspecified atom stereocenters. The fraction of sp³-hybridized carbons (Fsp3) is 0.238. The Morgan fingerprint density at radius 3 is 2.19 bits per heavy atom. The van der Waals surface area contributed by atoms with Crippen molar-refractivity contribution in [2.75, 3.05) is 13.1 Å². The number of hydrogen-bond donors (Lipinski definition) is 1. The number of aromatic amines is 1. The number of fused-ring (bicyclic) bond motifs is 1. The number of aromatic nitrogens is 2. The van der Waals surface area contributed by atoms with Crippen LogP contribution in [0.4, 0.5) is 0 Å². The first-order chi connectivity index (χ1) is 12.6. The van der Waals surface area contributed by atoms with E-state index in [-0.39, 0.29) is 11.5 Å². The molecule has 2 heterocycles. The maximum atomic E-state index is 12.9. The topological polar surface area (TPSA) is 58.1 Å². The van der Waals surface area contributed by atoms with Crippen molar-refractivity contribution >= 4 is 5.91 Å². The van der Waals surface area contributed by atoms with E-state index in [0.717, 1.165) is 24.1 Å². The number of amides is 1. The zero-order valence-electron chi connectivity index (χ0n) is 14.7. The predicted octanol–water partition coefficient (Wildman–Crippen LogP) is 2.72. The SMILES string of the molecule is Cc1ccc(-n2[nH]c(C(=O)N3CCc4ccccc4CC3)cc2=O)cc1. The van der Waals surface area contributed by atoms with Crippen molar-refractivity contribution in [2.45, 2.75) is 19.8 Å². The second-order valence-electron chi connectivity index (χ2n) is 6.74. The van der Waals surface area contributed by atoms with Crippen LogP contribution in [0.25, 0.3) is 5.69 Å². The largest absolute Gasteiger partial charge is 0.337 e. The maximum Gasteiger partial charge on any atom is 0.271 e. The minimum Gasteiger partial charge on any atom is -0.337 e. The summed E-state index contributed by atoms with van der Waals surface area (Å²) in [5.41, 5.74) is 4.55. The third kappa shape index (κ3) is 3.08. The number of H-pyrrole nitrogens is 1. The number of nitrogens with one attached hydrogen (secondary N) is 1. The van der Waals surface area contributed by atoms with Crippen molar-refractivity contribution in [1.82, 2.24) is 14.7 Å². The van der Waals surface area contributed by atoms with Crippen LogP contribution in [-0.4, -0.2) is 33.7 Å². The number of aryl methyl sites for hydroxylation is 1. The van der Waals surface area contributed by atoms with E-state index in [9.17, 15) is 9.59 Å². The molecular weight excluding hydrogens is 326 g/mol. The molecular formula is C21H21N3O2. The summed E-state index contributed by atoms with van der Waals surface area (Å²) in [6.45, 7) is 3.31. The molecule has 0 atom stereocenters. The molecule has 5 nitrogen and oxygen atoms in total. The molecule has 0 saturated heterocycles. The van der Waals surface area contributed by atoms with E-state index in [0.29, 0.717) is 18.8 Å². The fourth-order valence-electron chi connectivity index (χ4n) is 3.43. The Morgan fingerprint density at radius 1 is 0.962 bits per heavy atom. The molecule has 5 heteroatoms. The Hall–Kier alpha value is -3.08. The van der Waals surface area contributed by atoms with Gasteiger partial charge in [0.1, 0.15) is 5.69 Å². The second kappa shape index (κ2) is 6.67. The quantitative estimate of drug-likeness (QED) is 0.775. The lowest BCUT2D eigenvalue weighted by Crippen LogP contribution is -2.33. The van der Waals surface area contributed by atoms with Crippen molar-refractivity contribution in [3.05, 3.63) is 87.3 Å². The minimum absolute atomic E-state index is 0.124. The highest BCUT2D eigenvalue weighted by molar-refractivity contribution is 5.92. The van der Waals surface area contributed by atoms with Crippen LogP contribution in [0.2, 0.25) is 0 Å². The van der Waals surface area contributed by atoms with Gasteiger partial charge in [-0.05, 0) is 43.0 Å². The highest BCUT2D eigenvalue weighted by Crippen LogP contribution is 2.17. The van der Waals surface area contributed by atoms with Gasteiger partial charge < -0.3 is 4.90 Å². The van der Waals surface area contributed by atoms with Crippen LogP contribution in [0.15, 0.2) is 59.4 Å². The molecule has 2 aromatic carbocycles. The van der Waals surface area contributed by atoms with Gasteiger partial charge in [-0.1, -0.05) is 42.0 Å². The van der Waals surface area contributed by atoms with Crippen molar-refractivity contribution in [3.8, 4) is 5.69 Å². The number of carbonyl (C=O) groups excluding carboxylic acids is 1. The molecule has 0 radical (unpaired) electrons. The molecule has 0 spiro atoms. The normalized spacial score (nSPS) is 14.0. The zero-order valence-corrected chi connectivity index (χ0v) is 14.7. The van der Waals surface area contributed by atoms with E-state index in [2.05, 4.69) is 17.2 Å². The van der Waals surface area contributed by atoms with E-state index >= 15 is 0 Å². The number of rotatable bonds is 2. The lowest BCUT2D eigenvalue weighted by molar-refractivity contribution is 0.0756. The minimum atomic E-state index is -0.227. The fourth-order valence-corrected chi connectivity index (χ4v) is 3.43. The summed E-state index contributed by atoms with van der Waals surface area (Å²) in [7, 11) is 0. The maximum absolute atomic E-state index is 12.9. The van der Waals surface area contributed by atoms with E-state index in [1.807, 2.05) is 48.2 Å². The average molecular weight is 347 g/mol. The summed E-state index contributed by atoms with van der Waals surface area (Å²) in [6, 6.07) is 17.3. The summed E-state index contributed by atoms with van der Waals surface area (Å²) in [6.07, 6.45) is 1.68. The van der Waals surface area contributed by atoms with Crippen LogP contribution in [0.1, 0.15) is 27.2 Å². The first kappa shape index (κ1) is 16.4. The third-order valence-electron chi connectivity index (χ3n) is 4.95. The number of benzene rings is 2. The van der Waals surface area contributed by atoms with E-state index in [1.54, 1.807) is 0 Å². The Balaban J connectivity index is 1.57. The molecule has 26 heavy (non-hydrogen) atoms. The van der Waals surface area contributed by atoms with Gasteiger partial charge in [-0.15, -0.1) is 0 Å². The van der Waals surface area contributed by atoms with Gasteiger partial charge >= 0.3 is 0 Å². The average Bonchev–Trinajstić information content (AvgIpc) is 2.91. The summed E-state index contributed by atoms with van der Waals surface area (Å²) < 4.78 is 1.42. The number of nitrogens with zero attached hydrogens (tertiary/aromatic N) is 2. The lowest BCUT2D eigenvalue weighted by Gasteiger charge is -2.19. The van der Waals surface area contributed by atoms with Crippen molar-refractivity contribution < 1.29 is 4.79 Å². The van der Waals surface area contributed by atoms with Gasteiger partial charge in [0.2, 0.25) is 0 Å². The van der Waals surface area contributed by atoms with Gasteiger partial charge in [-0.3, -0.25) is 14.7 Å². The molecule has 1 aromatic heterocycles. The highest BCUT2D eigenvalue weighted by atomic mass is 16.2. The van der Waals surface area contributed by atoms with Gasteiger partial charge in [0.05, 0.1) is 5.69 Å². The first-order valence-corrected chi connectivity index (χ1v) is 8.87. The van der Waals surface area contributed by atoms with Gasteiger partial charge in [0.25, 0.3) is 11.5 Å². The van der Waals surface area contributed by atoms with Crippen LogP contribution < -0.4 is 5.56 Å². The molecule has 1 aliphatic rings. The monoisotopic (exact) mass is 347 g/mol. The van der Waals surface area contributed by atoms with Crippen LogP contribution in [-0.2, 0) is 12.8 Å². The molecule has 0 saturated carbocycles. The second-order valence-corrected chi connectivity index (χ2v) is 6.74. The zero-order chi connectivity index (χ0) is 18.1. The van der Waals surface area contributed by atoms with Gasteiger partial charge in [-0.2, -0.15) is 0 Å². The van der Waals surface area contributed by atoms with Crippen molar-refractivity contribution in [2.24, 2.45) is 0 Å². The Bertz CT molecular complexity index is 972. The van der Waals surface area contributed by atoms with E-state index in [4.69, 9.17) is 0 Å². The van der Waals surface area contributed by atoms with Crippen LogP contribution in [0, 0.1) is 6.92 Å². The van der Waals surface area contributed by atoms with Crippen molar-refractivity contribution in [3.63, 3.8) is 0 Å². The van der Waals surface area contributed by atoms with Crippen LogP contribution in [0.5, 0.6) is 0 Å². The smallest absolute Gasteiger partial charge is 0.271 e. The van der Waals surface area contributed by atoms with E-state index in [1.165, 1.54) is 21.9 Å². The predicted molar refractivity (Wildman–Crippen MR) is 101 cm³/mol. The highest BCUT2D eigenvalue weighted by Gasteiger charge is 2.22. The molecule has 1 amide bonds. The molecule has 1 N–H and O–H groups in total. The Kier molecular flexibility index (Phi) is 4.21. The molecule has 3 aromatic rings. The summed E-state index contributed by atoms with van der Waals surface area (Å²) >= 11 is 0. The first-order valence-electron chi connectivity index (χ1n) is 8.87. The van der Waals surface area contributed by atoms with Gasteiger partial charge in [0, 0.05) is 19.2 Å². The molecule has 132 valence electrons. The molecule has 1 aliphatic heterocycles. The third-order valence-corrected chi connectivity index (χ3v) is 4.95. The summed E-state index contributed by atoms with van der Waals surface area (Å²) in [5, 5.41) is 2.97. The lowest BCUT2D eigenvalue weighted by atomic mass is 10.0. The van der Waals surface area contributed by atoms with Gasteiger partial charge in [-0.25, -0.2) is 4.68 Å². The standard InChI is InChI=1S/C21H21N3O2/c1-15-6-8-18(9-7-15)24-20(25)14-19(22-24)21(26)23-12-10-16-4-2-3-5-17(16)11-13-23/h2-9,14,22H,10-13H2,1H3. The molecule has 0 bridgehead atoms. The molecule has 4 rings (SSSR count). The Morgan fingerprint density at radius 2 is 1.58 bits per heavy atom. The molecule has 0 fully saturated rings. The number of carbonyl (C=O) groups is 1. The van der Waals surface area contributed by atoms with Gasteiger partial charge in [0.15, 0.2) is 0 Å². The Labute approximate surface area is 151 Å². The summed E-state index contributed by atoms with van der Waals surface area (Å²) in [5.74, 6) is -0.124.